The van der Waals surface area contributed by atoms with E-state index < -0.39 is 17.9 Å². The van der Waals surface area contributed by atoms with E-state index in [0.717, 1.165) is 4.90 Å². The van der Waals surface area contributed by atoms with Crippen LogP contribution in [0.2, 0.25) is 0 Å². The molecule has 0 saturated heterocycles. The van der Waals surface area contributed by atoms with Gasteiger partial charge in [-0.2, -0.15) is 0 Å². The molecule has 1 atom stereocenters. The average molecular weight is 364 g/mol. The van der Waals surface area contributed by atoms with Crippen molar-refractivity contribution in [3.63, 3.8) is 0 Å². The number of carbonyl (C=O) groups excluding carboxylic acids is 3. The lowest BCUT2D eigenvalue weighted by Gasteiger charge is -2.28. The second-order valence-electron chi connectivity index (χ2n) is 7.48. The molecule has 1 aliphatic heterocycles. The standard InChI is InChI=1S/C22H24N2O3/c1-13(2)15-9-11-16(12-10-15)23-20(25)19(14(3)4)24-21(26)17-7-5-6-8-18(17)22(24)27/h5-14,19H,1-4H3,(H,23,25)/t19-/m0/s1. The maximum Gasteiger partial charge on any atom is 0.262 e. The molecule has 0 bridgehead atoms. The summed E-state index contributed by atoms with van der Waals surface area (Å²) in [5.74, 6) is -1.02. The van der Waals surface area contributed by atoms with E-state index in [4.69, 9.17) is 0 Å². The summed E-state index contributed by atoms with van der Waals surface area (Å²) >= 11 is 0. The molecule has 27 heavy (non-hydrogen) atoms. The summed E-state index contributed by atoms with van der Waals surface area (Å²) in [5.41, 5.74) is 2.52. The lowest BCUT2D eigenvalue weighted by atomic mass is 10.0. The zero-order chi connectivity index (χ0) is 19.7. The molecule has 2 aromatic rings. The number of benzene rings is 2. The molecule has 5 nitrogen and oxygen atoms in total. The molecule has 5 heteroatoms. The number of imide groups is 1. The van der Waals surface area contributed by atoms with Crippen LogP contribution in [0.5, 0.6) is 0 Å². The molecule has 1 N–H and O–H groups in total. The second kappa shape index (κ2) is 7.35. The van der Waals surface area contributed by atoms with Crippen molar-refractivity contribution in [3.05, 3.63) is 65.2 Å². The number of fused-ring (bicyclic) bond motifs is 1. The molecular formula is C22H24N2O3. The Balaban J connectivity index is 1.85. The number of rotatable bonds is 5. The van der Waals surface area contributed by atoms with Crippen molar-refractivity contribution >= 4 is 23.4 Å². The fourth-order valence-electron chi connectivity index (χ4n) is 3.35. The van der Waals surface area contributed by atoms with Gasteiger partial charge >= 0.3 is 0 Å². The Bertz CT molecular complexity index is 850. The number of nitrogens with one attached hydrogen (secondary N) is 1. The molecule has 2 aromatic carbocycles. The SMILES string of the molecule is CC(C)c1ccc(NC(=O)[C@H](C(C)C)N2C(=O)c3ccccc3C2=O)cc1. The van der Waals surface area contributed by atoms with Crippen LogP contribution in [0.3, 0.4) is 0 Å². The molecule has 0 saturated carbocycles. The highest BCUT2D eigenvalue weighted by atomic mass is 16.2. The first-order valence-corrected chi connectivity index (χ1v) is 9.19. The van der Waals surface area contributed by atoms with Crippen LogP contribution in [0.25, 0.3) is 0 Å². The highest BCUT2D eigenvalue weighted by molar-refractivity contribution is 6.23. The van der Waals surface area contributed by atoms with Gasteiger partial charge in [0.05, 0.1) is 11.1 Å². The van der Waals surface area contributed by atoms with Gasteiger partial charge in [0, 0.05) is 5.69 Å². The third kappa shape index (κ3) is 3.50. The van der Waals surface area contributed by atoms with Crippen molar-refractivity contribution in [2.45, 2.75) is 39.7 Å². The fourth-order valence-corrected chi connectivity index (χ4v) is 3.35. The van der Waals surface area contributed by atoms with Crippen molar-refractivity contribution in [1.29, 1.82) is 0 Å². The predicted molar refractivity (Wildman–Crippen MR) is 105 cm³/mol. The normalized spacial score (nSPS) is 14.7. The molecule has 0 aliphatic carbocycles. The van der Waals surface area contributed by atoms with E-state index in [1.54, 1.807) is 24.3 Å². The lowest BCUT2D eigenvalue weighted by Crippen LogP contribution is -2.50. The minimum atomic E-state index is -0.873. The van der Waals surface area contributed by atoms with Crippen LogP contribution >= 0.6 is 0 Å². The maximum atomic E-state index is 12.9. The van der Waals surface area contributed by atoms with Crippen LogP contribution in [0, 0.1) is 5.92 Å². The van der Waals surface area contributed by atoms with E-state index in [2.05, 4.69) is 19.2 Å². The Hall–Kier alpha value is -2.95. The smallest absolute Gasteiger partial charge is 0.262 e. The third-order valence-electron chi connectivity index (χ3n) is 4.85. The van der Waals surface area contributed by atoms with Crippen LogP contribution in [-0.4, -0.2) is 28.7 Å². The number of amides is 3. The zero-order valence-electron chi connectivity index (χ0n) is 16.0. The predicted octanol–water partition coefficient (Wildman–Crippen LogP) is 4.07. The van der Waals surface area contributed by atoms with Crippen LogP contribution in [0.4, 0.5) is 5.69 Å². The van der Waals surface area contributed by atoms with Gasteiger partial charge in [-0.05, 0) is 41.7 Å². The summed E-state index contributed by atoms with van der Waals surface area (Å²) in [7, 11) is 0. The number of anilines is 1. The van der Waals surface area contributed by atoms with Crippen LogP contribution < -0.4 is 5.32 Å². The largest absolute Gasteiger partial charge is 0.324 e. The summed E-state index contributed by atoms with van der Waals surface area (Å²) in [6, 6.07) is 13.4. The van der Waals surface area contributed by atoms with Gasteiger partial charge in [-0.15, -0.1) is 0 Å². The Morgan fingerprint density at radius 2 is 1.37 bits per heavy atom. The lowest BCUT2D eigenvalue weighted by molar-refractivity contribution is -0.121. The van der Waals surface area contributed by atoms with Crippen molar-refractivity contribution in [2.75, 3.05) is 5.32 Å². The van der Waals surface area contributed by atoms with Gasteiger partial charge in [-0.1, -0.05) is 52.0 Å². The number of carbonyl (C=O) groups is 3. The molecule has 3 amide bonds. The minimum absolute atomic E-state index is 0.220. The Morgan fingerprint density at radius 3 is 1.81 bits per heavy atom. The molecule has 1 aliphatic rings. The molecular weight excluding hydrogens is 340 g/mol. The van der Waals surface area contributed by atoms with Gasteiger partial charge in [-0.3, -0.25) is 19.3 Å². The first-order valence-electron chi connectivity index (χ1n) is 9.19. The summed E-state index contributed by atoms with van der Waals surface area (Å²) in [5, 5.41) is 2.85. The Morgan fingerprint density at radius 1 is 0.852 bits per heavy atom. The van der Waals surface area contributed by atoms with Crippen LogP contribution in [-0.2, 0) is 4.79 Å². The highest BCUT2D eigenvalue weighted by Crippen LogP contribution is 2.28. The van der Waals surface area contributed by atoms with E-state index in [0.29, 0.717) is 22.7 Å². The van der Waals surface area contributed by atoms with Crippen molar-refractivity contribution < 1.29 is 14.4 Å². The van der Waals surface area contributed by atoms with Crippen LogP contribution in [0.1, 0.15) is 59.9 Å². The van der Waals surface area contributed by atoms with Gasteiger partial charge in [0.1, 0.15) is 6.04 Å². The van der Waals surface area contributed by atoms with Gasteiger partial charge in [0.2, 0.25) is 5.91 Å². The molecule has 0 unspecified atom stereocenters. The molecule has 140 valence electrons. The van der Waals surface area contributed by atoms with Gasteiger partial charge in [-0.25, -0.2) is 0 Å². The number of hydrogen-bond donors (Lipinski definition) is 1. The van der Waals surface area contributed by atoms with Gasteiger partial charge in [0.15, 0.2) is 0 Å². The second-order valence-corrected chi connectivity index (χ2v) is 7.48. The maximum absolute atomic E-state index is 12.9. The monoisotopic (exact) mass is 364 g/mol. The quantitative estimate of drug-likeness (QED) is 0.813. The van der Waals surface area contributed by atoms with Crippen LogP contribution in [0.15, 0.2) is 48.5 Å². The molecule has 0 aromatic heterocycles. The van der Waals surface area contributed by atoms with Gasteiger partial charge < -0.3 is 5.32 Å². The Labute approximate surface area is 159 Å². The summed E-state index contributed by atoms with van der Waals surface area (Å²) in [6.45, 7) is 7.86. The minimum Gasteiger partial charge on any atom is -0.324 e. The van der Waals surface area contributed by atoms with E-state index in [1.807, 2.05) is 38.1 Å². The third-order valence-corrected chi connectivity index (χ3v) is 4.85. The topological polar surface area (TPSA) is 66.5 Å². The average Bonchev–Trinajstić information content (AvgIpc) is 2.88. The first-order chi connectivity index (χ1) is 12.8. The summed E-state index contributed by atoms with van der Waals surface area (Å²) in [4.78, 5) is 39.5. The number of nitrogens with zero attached hydrogens (tertiary/aromatic N) is 1. The fraction of sp³-hybridized carbons (Fsp3) is 0.318. The van der Waals surface area contributed by atoms with E-state index in [-0.39, 0.29) is 11.8 Å². The Kier molecular flexibility index (Phi) is 5.13. The molecule has 0 radical (unpaired) electrons. The summed E-state index contributed by atoms with van der Waals surface area (Å²) in [6.07, 6.45) is 0. The first kappa shape index (κ1) is 18.8. The number of hydrogen-bond acceptors (Lipinski definition) is 3. The summed E-state index contributed by atoms with van der Waals surface area (Å²) < 4.78 is 0. The zero-order valence-corrected chi connectivity index (χ0v) is 16.0. The molecule has 3 rings (SSSR count). The van der Waals surface area contributed by atoms with E-state index in [1.165, 1.54) is 5.56 Å². The van der Waals surface area contributed by atoms with Crippen molar-refractivity contribution in [1.82, 2.24) is 4.90 Å². The molecule has 1 heterocycles. The van der Waals surface area contributed by atoms with E-state index in [9.17, 15) is 14.4 Å². The molecule has 0 spiro atoms. The molecule has 0 fully saturated rings. The van der Waals surface area contributed by atoms with E-state index >= 15 is 0 Å². The highest BCUT2D eigenvalue weighted by Gasteiger charge is 2.43. The van der Waals surface area contributed by atoms with Crippen molar-refractivity contribution in [2.24, 2.45) is 5.92 Å². The van der Waals surface area contributed by atoms with Crippen molar-refractivity contribution in [3.8, 4) is 0 Å². The van der Waals surface area contributed by atoms with Gasteiger partial charge in [0.25, 0.3) is 11.8 Å².